The Hall–Kier alpha value is -1.93. The number of phenols is 1. The van der Waals surface area contributed by atoms with Crippen molar-refractivity contribution in [2.45, 2.75) is 6.92 Å². The summed E-state index contributed by atoms with van der Waals surface area (Å²) >= 11 is 6.45. The molecule has 18 heavy (non-hydrogen) atoms. The molecule has 0 saturated carbocycles. The second-order valence-corrected chi connectivity index (χ2v) is 4.77. The Morgan fingerprint density at radius 3 is 2.50 bits per heavy atom. The second kappa shape index (κ2) is 4.07. The number of nitrogens with one attached hydrogen (secondary N) is 1. The summed E-state index contributed by atoms with van der Waals surface area (Å²) in [7, 11) is 0. The summed E-state index contributed by atoms with van der Waals surface area (Å²) in [5, 5.41) is 11.1. The third kappa shape index (κ3) is 1.75. The molecule has 0 fully saturated rings. The quantitative estimate of drug-likeness (QED) is 0.661. The number of aromatic hydroxyl groups is 1. The third-order valence-electron chi connectivity index (χ3n) is 3.05. The number of halogens is 1. The van der Waals surface area contributed by atoms with Crippen molar-refractivity contribution in [3.63, 3.8) is 0 Å². The van der Waals surface area contributed by atoms with Crippen LogP contribution in [0.3, 0.4) is 0 Å². The second-order valence-electron chi connectivity index (χ2n) is 4.39. The summed E-state index contributed by atoms with van der Waals surface area (Å²) < 4.78 is 0. The van der Waals surface area contributed by atoms with E-state index in [4.69, 9.17) is 11.6 Å². The number of benzene rings is 2. The molecule has 1 aromatic heterocycles. The monoisotopic (exact) mass is 257 g/mol. The largest absolute Gasteiger partial charge is 0.508 e. The lowest BCUT2D eigenvalue weighted by Gasteiger charge is -2.05. The van der Waals surface area contributed by atoms with E-state index in [2.05, 4.69) is 4.98 Å². The molecule has 0 atom stereocenters. The molecule has 2 aromatic carbocycles. The first-order valence-electron chi connectivity index (χ1n) is 5.72. The summed E-state index contributed by atoms with van der Waals surface area (Å²) in [6, 6.07) is 13.1. The highest BCUT2D eigenvalue weighted by Crippen LogP contribution is 2.35. The smallest absolute Gasteiger partial charge is 0.115 e. The van der Waals surface area contributed by atoms with Crippen LogP contribution >= 0.6 is 11.6 Å². The highest BCUT2D eigenvalue weighted by Gasteiger charge is 2.09. The van der Waals surface area contributed by atoms with Crippen LogP contribution in [0, 0.1) is 6.92 Å². The van der Waals surface area contributed by atoms with E-state index in [1.807, 2.05) is 37.3 Å². The van der Waals surface area contributed by atoms with Gasteiger partial charge in [0.25, 0.3) is 0 Å². The number of phenolic OH excluding ortho intramolecular Hbond substituents is 1. The highest BCUT2D eigenvalue weighted by atomic mass is 35.5. The molecular formula is C15H12ClNO. The van der Waals surface area contributed by atoms with Crippen LogP contribution in [0.5, 0.6) is 5.75 Å². The van der Waals surface area contributed by atoms with Crippen molar-refractivity contribution in [2.24, 2.45) is 0 Å². The van der Waals surface area contributed by atoms with Gasteiger partial charge in [0.1, 0.15) is 5.75 Å². The average molecular weight is 258 g/mol. The van der Waals surface area contributed by atoms with Crippen LogP contribution in [0.2, 0.25) is 5.02 Å². The van der Waals surface area contributed by atoms with E-state index in [1.54, 1.807) is 12.1 Å². The number of rotatable bonds is 1. The zero-order chi connectivity index (χ0) is 12.7. The first-order valence-corrected chi connectivity index (χ1v) is 6.10. The minimum absolute atomic E-state index is 0.258. The summed E-state index contributed by atoms with van der Waals surface area (Å²) in [6.45, 7) is 2.01. The number of aryl methyl sites for hydroxylation is 1. The van der Waals surface area contributed by atoms with Gasteiger partial charge in [0, 0.05) is 22.2 Å². The topological polar surface area (TPSA) is 36.0 Å². The summed E-state index contributed by atoms with van der Waals surface area (Å²) in [5.41, 5.74) is 4.11. The molecule has 0 saturated heterocycles. The summed E-state index contributed by atoms with van der Waals surface area (Å²) in [6.07, 6.45) is 0. The van der Waals surface area contributed by atoms with Gasteiger partial charge in [0.05, 0.1) is 5.02 Å². The fraction of sp³-hybridized carbons (Fsp3) is 0.0667. The van der Waals surface area contributed by atoms with E-state index >= 15 is 0 Å². The van der Waals surface area contributed by atoms with Crippen LogP contribution in [0.1, 0.15) is 5.69 Å². The summed E-state index contributed by atoms with van der Waals surface area (Å²) in [5.74, 6) is 0.258. The standard InChI is InChI=1S/C15H12ClNO/c1-9-8-13-14(17-9)7-6-12(15(13)16)10-2-4-11(18)5-3-10/h2-8,17-18H,1H3. The molecule has 0 radical (unpaired) electrons. The molecule has 2 nitrogen and oxygen atoms in total. The third-order valence-corrected chi connectivity index (χ3v) is 3.46. The normalized spacial score (nSPS) is 11.0. The minimum atomic E-state index is 0.258. The summed E-state index contributed by atoms with van der Waals surface area (Å²) in [4.78, 5) is 3.26. The van der Waals surface area contributed by atoms with Crippen LogP contribution in [0.25, 0.3) is 22.0 Å². The first-order chi connectivity index (χ1) is 8.65. The maximum atomic E-state index is 9.31. The van der Waals surface area contributed by atoms with Gasteiger partial charge < -0.3 is 10.1 Å². The fourth-order valence-electron chi connectivity index (χ4n) is 2.17. The lowest BCUT2D eigenvalue weighted by atomic mass is 10.0. The number of aromatic amines is 1. The van der Waals surface area contributed by atoms with Crippen LogP contribution in [0.4, 0.5) is 0 Å². The molecular weight excluding hydrogens is 246 g/mol. The molecule has 0 unspecified atom stereocenters. The van der Waals surface area contributed by atoms with Crippen LogP contribution in [-0.2, 0) is 0 Å². The lowest BCUT2D eigenvalue weighted by molar-refractivity contribution is 0.475. The molecule has 1 heterocycles. The Balaban J connectivity index is 2.23. The van der Waals surface area contributed by atoms with Gasteiger partial charge in [0.2, 0.25) is 0 Å². The van der Waals surface area contributed by atoms with Crippen LogP contribution < -0.4 is 0 Å². The van der Waals surface area contributed by atoms with Gasteiger partial charge in [-0.05, 0) is 36.8 Å². The minimum Gasteiger partial charge on any atom is -0.508 e. The molecule has 2 N–H and O–H groups in total. The van der Waals surface area contributed by atoms with Crippen LogP contribution in [-0.4, -0.2) is 10.1 Å². The Morgan fingerprint density at radius 2 is 1.78 bits per heavy atom. The van der Waals surface area contributed by atoms with Gasteiger partial charge in [0.15, 0.2) is 0 Å². The van der Waals surface area contributed by atoms with E-state index in [1.165, 1.54) is 0 Å². The fourth-order valence-corrected chi connectivity index (χ4v) is 2.50. The van der Waals surface area contributed by atoms with E-state index in [9.17, 15) is 5.11 Å². The van der Waals surface area contributed by atoms with Crippen molar-refractivity contribution >= 4 is 22.5 Å². The van der Waals surface area contributed by atoms with E-state index in [0.717, 1.165) is 32.7 Å². The van der Waals surface area contributed by atoms with Gasteiger partial charge >= 0.3 is 0 Å². The molecule has 3 heteroatoms. The highest BCUT2D eigenvalue weighted by molar-refractivity contribution is 6.38. The molecule has 0 aliphatic rings. The van der Waals surface area contributed by atoms with Gasteiger partial charge in [-0.15, -0.1) is 0 Å². The van der Waals surface area contributed by atoms with Crippen molar-refractivity contribution in [3.05, 3.63) is 53.2 Å². The first kappa shape index (κ1) is 11.2. The van der Waals surface area contributed by atoms with Crippen molar-refractivity contribution < 1.29 is 5.11 Å². The number of aromatic nitrogens is 1. The number of fused-ring (bicyclic) bond motifs is 1. The van der Waals surface area contributed by atoms with Gasteiger partial charge in [-0.3, -0.25) is 0 Å². The average Bonchev–Trinajstić information content (AvgIpc) is 2.73. The number of hydrogen-bond donors (Lipinski definition) is 2. The Morgan fingerprint density at radius 1 is 1.06 bits per heavy atom. The Bertz CT molecular complexity index is 713. The molecule has 0 aliphatic carbocycles. The zero-order valence-electron chi connectivity index (χ0n) is 9.87. The predicted octanol–water partition coefficient (Wildman–Crippen LogP) is 4.50. The van der Waals surface area contributed by atoms with Gasteiger partial charge in [-0.2, -0.15) is 0 Å². The molecule has 90 valence electrons. The van der Waals surface area contributed by atoms with Crippen molar-refractivity contribution in [2.75, 3.05) is 0 Å². The maximum Gasteiger partial charge on any atom is 0.115 e. The van der Waals surface area contributed by atoms with E-state index in [0.29, 0.717) is 0 Å². The van der Waals surface area contributed by atoms with Gasteiger partial charge in [-0.1, -0.05) is 29.8 Å². The molecule has 3 rings (SSSR count). The SMILES string of the molecule is Cc1cc2c(Cl)c(-c3ccc(O)cc3)ccc2[nH]1. The Labute approximate surface area is 110 Å². The number of H-pyrrole nitrogens is 1. The lowest BCUT2D eigenvalue weighted by Crippen LogP contribution is -1.80. The van der Waals surface area contributed by atoms with Crippen molar-refractivity contribution in [1.82, 2.24) is 4.98 Å². The molecule has 0 aliphatic heterocycles. The predicted molar refractivity (Wildman–Crippen MR) is 75.1 cm³/mol. The van der Waals surface area contributed by atoms with Gasteiger partial charge in [-0.25, -0.2) is 0 Å². The van der Waals surface area contributed by atoms with Crippen molar-refractivity contribution in [1.29, 1.82) is 0 Å². The molecule has 0 amide bonds. The number of hydrogen-bond acceptors (Lipinski definition) is 1. The zero-order valence-corrected chi connectivity index (χ0v) is 10.6. The molecule has 0 spiro atoms. The van der Waals surface area contributed by atoms with Crippen molar-refractivity contribution in [3.8, 4) is 16.9 Å². The molecule has 0 bridgehead atoms. The maximum absolute atomic E-state index is 9.31. The molecule has 3 aromatic rings. The Kier molecular flexibility index (Phi) is 2.53. The van der Waals surface area contributed by atoms with Crippen LogP contribution in [0.15, 0.2) is 42.5 Å². The van der Waals surface area contributed by atoms with E-state index < -0.39 is 0 Å². The van der Waals surface area contributed by atoms with E-state index in [-0.39, 0.29) is 5.75 Å².